The smallest absolute Gasteiger partial charge is 0.252 e. The van der Waals surface area contributed by atoms with Crippen molar-refractivity contribution in [1.29, 1.82) is 0 Å². The summed E-state index contributed by atoms with van der Waals surface area (Å²) >= 11 is 0. The number of hydrogen-bond acceptors (Lipinski definition) is 3. The molecule has 4 atom stereocenters. The number of hydrogen-bond donors (Lipinski definition) is 2. The molecule has 0 radical (unpaired) electrons. The Morgan fingerprint density at radius 1 is 1.04 bits per heavy atom. The normalized spacial score (nSPS) is 25.9. The molecule has 2 aliphatic carbocycles. The lowest BCUT2D eigenvalue weighted by atomic mass is 9.60. The highest BCUT2D eigenvalue weighted by Gasteiger charge is 2.53. The van der Waals surface area contributed by atoms with Crippen LogP contribution in [0.2, 0.25) is 0 Å². The molecule has 2 amide bonds. The van der Waals surface area contributed by atoms with Gasteiger partial charge in [0.1, 0.15) is 0 Å². The Morgan fingerprint density at radius 3 is 2.63 bits per heavy atom. The van der Waals surface area contributed by atoms with Crippen LogP contribution in [0.1, 0.15) is 47.5 Å². The molecular weight excluding hydrogens is 338 g/mol. The first-order valence-electron chi connectivity index (χ1n) is 9.76. The second-order valence-electron chi connectivity index (χ2n) is 7.54. The molecule has 2 saturated carbocycles. The van der Waals surface area contributed by atoms with Gasteiger partial charge in [-0.2, -0.15) is 0 Å². The van der Waals surface area contributed by atoms with Gasteiger partial charge < -0.3 is 10.6 Å². The second-order valence-corrected chi connectivity index (χ2v) is 7.54. The fraction of sp³-hybridized carbons (Fsp3) is 0.409. The van der Waals surface area contributed by atoms with Crippen LogP contribution in [0, 0.1) is 11.8 Å². The fourth-order valence-corrected chi connectivity index (χ4v) is 4.77. The van der Waals surface area contributed by atoms with Crippen LogP contribution in [-0.4, -0.2) is 29.4 Å². The molecule has 1 aromatic heterocycles. The maximum Gasteiger partial charge on any atom is 0.252 e. The average Bonchev–Trinajstić information content (AvgIpc) is 3.11. The van der Waals surface area contributed by atoms with Gasteiger partial charge in [0.05, 0.1) is 5.56 Å². The zero-order valence-electron chi connectivity index (χ0n) is 15.3. The van der Waals surface area contributed by atoms with Crippen molar-refractivity contribution in [3.63, 3.8) is 0 Å². The monoisotopic (exact) mass is 363 g/mol. The van der Waals surface area contributed by atoms with E-state index in [4.69, 9.17) is 0 Å². The third-order valence-corrected chi connectivity index (χ3v) is 6.01. The van der Waals surface area contributed by atoms with E-state index < -0.39 is 0 Å². The van der Waals surface area contributed by atoms with E-state index in [1.807, 2.05) is 6.07 Å². The molecule has 5 heteroatoms. The zero-order chi connectivity index (χ0) is 18.6. The number of benzene rings is 1. The quantitative estimate of drug-likeness (QED) is 0.829. The molecule has 2 fully saturated rings. The van der Waals surface area contributed by atoms with E-state index >= 15 is 0 Å². The van der Waals surface area contributed by atoms with E-state index in [9.17, 15) is 9.59 Å². The van der Waals surface area contributed by atoms with Crippen LogP contribution < -0.4 is 10.6 Å². The summed E-state index contributed by atoms with van der Waals surface area (Å²) in [5.41, 5.74) is 1.84. The molecular formula is C22H25N3O2. The maximum atomic E-state index is 12.5. The van der Waals surface area contributed by atoms with Gasteiger partial charge in [-0.15, -0.1) is 0 Å². The molecule has 2 N–H and O–H groups in total. The zero-order valence-corrected chi connectivity index (χ0v) is 15.3. The number of carbonyl (C=O) groups is 2. The second kappa shape index (κ2) is 7.91. The van der Waals surface area contributed by atoms with Crippen molar-refractivity contribution in [2.45, 2.75) is 37.6 Å². The highest BCUT2D eigenvalue weighted by atomic mass is 16.2. The third-order valence-electron chi connectivity index (χ3n) is 6.01. The Hall–Kier alpha value is -2.69. The topological polar surface area (TPSA) is 71.1 Å². The van der Waals surface area contributed by atoms with Crippen molar-refractivity contribution in [3.05, 3.63) is 66.0 Å². The minimum absolute atomic E-state index is 0.0118. The molecule has 1 heterocycles. The molecule has 140 valence electrons. The van der Waals surface area contributed by atoms with Crippen LogP contribution in [-0.2, 0) is 4.79 Å². The summed E-state index contributed by atoms with van der Waals surface area (Å²) in [7, 11) is 0. The van der Waals surface area contributed by atoms with E-state index in [1.54, 1.807) is 18.3 Å². The molecule has 0 unspecified atom stereocenters. The van der Waals surface area contributed by atoms with Crippen LogP contribution >= 0.6 is 0 Å². The number of aromatic nitrogens is 1. The molecule has 1 aromatic carbocycles. The van der Waals surface area contributed by atoms with Crippen molar-refractivity contribution in [2.75, 3.05) is 6.54 Å². The van der Waals surface area contributed by atoms with Gasteiger partial charge in [0, 0.05) is 37.3 Å². The predicted molar refractivity (Wildman–Crippen MR) is 103 cm³/mol. The van der Waals surface area contributed by atoms with Crippen LogP contribution in [0.5, 0.6) is 0 Å². The van der Waals surface area contributed by atoms with E-state index in [1.165, 1.54) is 31.0 Å². The van der Waals surface area contributed by atoms with Gasteiger partial charge in [-0.05, 0) is 42.4 Å². The molecule has 2 aliphatic rings. The Morgan fingerprint density at radius 2 is 1.85 bits per heavy atom. The number of fused-ring (bicyclic) bond motifs is 1. The molecule has 4 rings (SSSR count). The van der Waals surface area contributed by atoms with Crippen molar-refractivity contribution in [2.24, 2.45) is 11.8 Å². The first kappa shape index (κ1) is 17.7. The molecule has 27 heavy (non-hydrogen) atoms. The van der Waals surface area contributed by atoms with Gasteiger partial charge in [0.2, 0.25) is 5.91 Å². The van der Waals surface area contributed by atoms with Crippen molar-refractivity contribution >= 4 is 11.8 Å². The molecule has 0 aliphatic heterocycles. The van der Waals surface area contributed by atoms with Crippen LogP contribution in [0.15, 0.2) is 54.9 Å². The van der Waals surface area contributed by atoms with Crippen LogP contribution in [0.3, 0.4) is 0 Å². The highest BCUT2D eigenvalue weighted by molar-refractivity contribution is 5.94. The first-order valence-corrected chi connectivity index (χ1v) is 9.76. The van der Waals surface area contributed by atoms with Crippen molar-refractivity contribution in [3.8, 4) is 0 Å². The largest absolute Gasteiger partial charge is 0.352 e. The van der Waals surface area contributed by atoms with E-state index in [0.717, 1.165) is 0 Å². The average molecular weight is 363 g/mol. The summed E-state index contributed by atoms with van der Waals surface area (Å²) in [5.74, 6) is 1.54. The fourth-order valence-electron chi connectivity index (χ4n) is 4.77. The summed E-state index contributed by atoms with van der Waals surface area (Å²) in [6.07, 6.45) is 7.17. The highest BCUT2D eigenvalue weighted by Crippen LogP contribution is 2.55. The molecule has 5 nitrogen and oxygen atoms in total. The van der Waals surface area contributed by atoms with Crippen LogP contribution in [0.25, 0.3) is 0 Å². The molecule has 0 bridgehead atoms. The van der Waals surface area contributed by atoms with Crippen LogP contribution in [0.4, 0.5) is 0 Å². The Kier molecular flexibility index (Phi) is 5.19. The van der Waals surface area contributed by atoms with Gasteiger partial charge in [0.15, 0.2) is 0 Å². The minimum atomic E-state index is -0.197. The SMILES string of the molecule is O=C(CCNC(=O)c1cccnc1)N[C@@H]1[C@@H]2CCC[C@H]2[C@H]1c1ccccc1. The summed E-state index contributed by atoms with van der Waals surface area (Å²) in [4.78, 5) is 28.4. The third kappa shape index (κ3) is 3.72. The van der Waals surface area contributed by atoms with E-state index in [-0.39, 0.29) is 17.9 Å². The number of amides is 2. The number of pyridine rings is 1. The van der Waals surface area contributed by atoms with Gasteiger partial charge >= 0.3 is 0 Å². The summed E-state index contributed by atoms with van der Waals surface area (Å²) in [6, 6.07) is 14.2. The number of carbonyl (C=O) groups excluding carboxylic acids is 2. The van der Waals surface area contributed by atoms with E-state index in [0.29, 0.717) is 36.3 Å². The van der Waals surface area contributed by atoms with Gasteiger partial charge in [-0.3, -0.25) is 14.6 Å². The van der Waals surface area contributed by atoms with Gasteiger partial charge in [0.25, 0.3) is 5.91 Å². The Bertz CT molecular complexity index is 794. The van der Waals surface area contributed by atoms with Gasteiger partial charge in [-0.25, -0.2) is 0 Å². The standard InChI is InChI=1S/C22H25N3O2/c26-19(11-13-24-22(27)16-8-5-12-23-14-16)25-21-18-10-4-9-17(18)20(21)15-6-2-1-3-7-15/h1-3,5-8,12,14,17-18,20-21H,4,9-11,13H2,(H,24,27)(H,25,26)/t17-,18-,20-,21-/m1/s1. The number of nitrogens with one attached hydrogen (secondary N) is 2. The van der Waals surface area contributed by atoms with Crippen molar-refractivity contribution < 1.29 is 9.59 Å². The molecule has 2 aromatic rings. The summed E-state index contributed by atoms with van der Waals surface area (Å²) < 4.78 is 0. The van der Waals surface area contributed by atoms with Gasteiger partial charge in [-0.1, -0.05) is 36.8 Å². The lowest BCUT2D eigenvalue weighted by Crippen LogP contribution is -2.56. The molecule has 0 spiro atoms. The van der Waals surface area contributed by atoms with E-state index in [2.05, 4.69) is 39.9 Å². The predicted octanol–water partition coefficient (Wildman–Crippen LogP) is 2.90. The molecule has 0 saturated heterocycles. The maximum absolute atomic E-state index is 12.5. The Balaban J connectivity index is 1.30. The lowest BCUT2D eigenvalue weighted by molar-refractivity contribution is -0.123. The van der Waals surface area contributed by atoms with Crippen molar-refractivity contribution in [1.82, 2.24) is 15.6 Å². The summed E-state index contributed by atoms with van der Waals surface area (Å²) in [6.45, 7) is 0.330. The Labute approximate surface area is 159 Å². The number of rotatable bonds is 6. The lowest BCUT2D eigenvalue weighted by Gasteiger charge is -2.49. The number of nitrogens with zero attached hydrogens (tertiary/aromatic N) is 1. The first-order chi connectivity index (χ1) is 13.2. The summed E-state index contributed by atoms with van der Waals surface area (Å²) in [5, 5.41) is 6.04. The minimum Gasteiger partial charge on any atom is -0.352 e.